The molecule has 1 heterocycles. The first-order valence-electron chi connectivity index (χ1n) is 5.90. The average Bonchev–Trinajstić information content (AvgIpc) is 2.26. The average molecular weight is 227 g/mol. The minimum Gasteiger partial charge on any atom is -0.396 e. The zero-order valence-electron chi connectivity index (χ0n) is 9.97. The summed E-state index contributed by atoms with van der Waals surface area (Å²) in [7, 11) is 0. The number of carbonyl (C=O) groups is 1. The molecule has 0 bridgehead atoms. The third kappa shape index (κ3) is 3.68. The highest BCUT2D eigenvalue weighted by atomic mass is 16.3. The molecule has 0 fully saturated rings. The van der Waals surface area contributed by atoms with Crippen molar-refractivity contribution < 1.29 is 15.0 Å². The van der Waals surface area contributed by atoms with Crippen LogP contribution in [0.1, 0.15) is 33.1 Å². The Kier molecular flexibility index (Phi) is 5.09. The van der Waals surface area contributed by atoms with Crippen molar-refractivity contribution in [2.24, 2.45) is 22.7 Å². The number of aliphatic imine (C=N–C) groups is 1. The van der Waals surface area contributed by atoms with Gasteiger partial charge >= 0.3 is 0 Å². The molecular formula is C12H21NO3. The van der Waals surface area contributed by atoms with E-state index in [1.807, 2.05) is 13.8 Å². The van der Waals surface area contributed by atoms with Crippen molar-refractivity contribution in [3.8, 4) is 0 Å². The normalized spacial score (nSPS) is 24.8. The summed E-state index contributed by atoms with van der Waals surface area (Å²) in [6.07, 6.45) is 2.71. The second-order valence-corrected chi connectivity index (χ2v) is 4.86. The predicted octanol–water partition coefficient (Wildman–Crippen LogP) is 1.01. The van der Waals surface area contributed by atoms with Crippen LogP contribution in [-0.2, 0) is 4.79 Å². The predicted molar refractivity (Wildman–Crippen MR) is 62.3 cm³/mol. The van der Waals surface area contributed by atoms with E-state index in [-0.39, 0.29) is 24.3 Å². The third-order valence-corrected chi connectivity index (χ3v) is 3.32. The van der Waals surface area contributed by atoms with Gasteiger partial charge in [-0.2, -0.15) is 0 Å². The molecule has 0 spiro atoms. The van der Waals surface area contributed by atoms with Crippen molar-refractivity contribution in [1.29, 1.82) is 0 Å². The Morgan fingerprint density at radius 3 is 2.69 bits per heavy atom. The van der Waals surface area contributed by atoms with Gasteiger partial charge in [0.1, 0.15) is 0 Å². The maximum atomic E-state index is 10.9. The maximum Gasteiger partial charge on any atom is 0.245 e. The first kappa shape index (κ1) is 13.3. The van der Waals surface area contributed by atoms with Gasteiger partial charge in [0, 0.05) is 25.2 Å². The summed E-state index contributed by atoms with van der Waals surface area (Å²) in [5.41, 5.74) is 0. The highest BCUT2D eigenvalue weighted by Gasteiger charge is 2.25. The monoisotopic (exact) mass is 227 g/mol. The topological polar surface area (TPSA) is 69.9 Å². The lowest BCUT2D eigenvalue weighted by Crippen LogP contribution is -2.30. The van der Waals surface area contributed by atoms with Crippen LogP contribution in [0.2, 0.25) is 0 Å². The molecule has 0 aromatic rings. The van der Waals surface area contributed by atoms with E-state index in [1.165, 1.54) is 0 Å². The van der Waals surface area contributed by atoms with E-state index in [4.69, 9.17) is 0 Å². The molecule has 0 aliphatic carbocycles. The van der Waals surface area contributed by atoms with Crippen molar-refractivity contribution >= 4 is 12.1 Å². The minimum absolute atomic E-state index is 0.0366. The fourth-order valence-electron chi connectivity index (χ4n) is 1.94. The lowest BCUT2D eigenvalue weighted by Gasteiger charge is -2.26. The van der Waals surface area contributed by atoms with Crippen molar-refractivity contribution in [2.45, 2.75) is 39.2 Å². The van der Waals surface area contributed by atoms with E-state index in [0.29, 0.717) is 25.2 Å². The Bertz CT molecular complexity index is 263. The second-order valence-electron chi connectivity index (χ2n) is 4.86. The first-order valence-corrected chi connectivity index (χ1v) is 5.90. The molecule has 16 heavy (non-hydrogen) atoms. The number of amides is 1. The molecule has 1 aliphatic heterocycles. The minimum atomic E-state index is -0.503. The Morgan fingerprint density at radius 1 is 1.56 bits per heavy atom. The van der Waals surface area contributed by atoms with Gasteiger partial charge in [-0.05, 0) is 24.7 Å². The zero-order chi connectivity index (χ0) is 12.1. The van der Waals surface area contributed by atoms with Gasteiger partial charge in [-0.3, -0.25) is 4.79 Å². The van der Waals surface area contributed by atoms with Gasteiger partial charge < -0.3 is 10.2 Å². The van der Waals surface area contributed by atoms with Crippen molar-refractivity contribution in [1.82, 2.24) is 0 Å². The molecule has 2 N–H and O–H groups in total. The lowest BCUT2D eigenvalue weighted by molar-refractivity contribution is -0.118. The fraction of sp³-hybridized carbons (Fsp3) is 0.833. The highest BCUT2D eigenvalue weighted by Crippen LogP contribution is 2.23. The molecule has 4 nitrogen and oxygen atoms in total. The summed E-state index contributed by atoms with van der Waals surface area (Å²) < 4.78 is 0. The molecule has 0 aromatic carbocycles. The van der Waals surface area contributed by atoms with Crippen LogP contribution in [0.5, 0.6) is 0 Å². The Hall–Kier alpha value is -0.740. The van der Waals surface area contributed by atoms with Crippen LogP contribution in [0.4, 0.5) is 0 Å². The molecule has 0 aromatic heterocycles. The van der Waals surface area contributed by atoms with Gasteiger partial charge in [-0.15, -0.1) is 0 Å². The summed E-state index contributed by atoms with van der Waals surface area (Å²) in [5, 5.41) is 19.2. The Labute approximate surface area is 96.4 Å². The van der Waals surface area contributed by atoms with E-state index < -0.39 is 6.10 Å². The van der Waals surface area contributed by atoms with Crippen LogP contribution >= 0.6 is 0 Å². The van der Waals surface area contributed by atoms with Crippen LogP contribution in [0.25, 0.3) is 0 Å². The van der Waals surface area contributed by atoms with Gasteiger partial charge in [0.15, 0.2) is 0 Å². The zero-order valence-corrected chi connectivity index (χ0v) is 9.97. The summed E-state index contributed by atoms with van der Waals surface area (Å²) >= 11 is 0. The molecule has 0 saturated carbocycles. The summed E-state index contributed by atoms with van der Waals surface area (Å²) in [5.74, 6) is 0.319. The van der Waals surface area contributed by atoms with Crippen LogP contribution in [-0.4, -0.2) is 35.0 Å². The van der Waals surface area contributed by atoms with E-state index in [2.05, 4.69) is 4.99 Å². The number of aliphatic hydroxyl groups excluding tert-OH is 2. The number of carbonyl (C=O) groups excluding carboxylic acids is 1. The van der Waals surface area contributed by atoms with E-state index in [0.717, 1.165) is 0 Å². The van der Waals surface area contributed by atoms with Crippen LogP contribution in [0, 0.1) is 17.8 Å². The number of nitrogens with zero attached hydrogens (tertiary/aromatic N) is 1. The van der Waals surface area contributed by atoms with Crippen LogP contribution in [0.3, 0.4) is 0 Å². The van der Waals surface area contributed by atoms with Crippen molar-refractivity contribution in [2.75, 3.05) is 6.61 Å². The van der Waals surface area contributed by atoms with Crippen LogP contribution in [0.15, 0.2) is 4.99 Å². The number of rotatable bonds is 5. The molecule has 92 valence electrons. The van der Waals surface area contributed by atoms with Gasteiger partial charge in [0.2, 0.25) is 5.91 Å². The second kappa shape index (κ2) is 6.11. The fourth-order valence-corrected chi connectivity index (χ4v) is 1.94. The largest absolute Gasteiger partial charge is 0.396 e. The molecule has 1 aliphatic rings. The summed E-state index contributed by atoms with van der Waals surface area (Å²) in [4.78, 5) is 14.6. The molecular weight excluding hydrogens is 206 g/mol. The molecule has 3 atom stereocenters. The van der Waals surface area contributed by atoms with Crippen molar-refractivity contribution in [3.63, 3.8) is 0 Å². The van der Waals surface area contributed by atoms with Gasteiger partial charge in [-0.25, -0.2) is 4.99 Å². The lowest BCUT2D eigenvalue weighted by atomic mass is 9.85. The maximum absolute atomic E-state index is 10.9. The Morgan fingerprint density at radius 2 is 2.25 bits per heavy atom. The number of hydrogen-bond acceptors (Lipinski definition) is 3. The number of hydrogen-bond donors (Lipinski definition) is 2. The molecule has 0 saturated heterocycles. The standard InChI is InChI=1S/C12H21NO3/c1-8(2)10(7-14)5-11(15)9-3-4-12(16)13-6-9/h6,8-11,14-15H,3-5,7H2,1-2H3. The van der Waals surface area contributed by atoms with Gasteiger partial charge in [0.05, 0.1) is 6.10 Å². The SMILES string of the molecule is CC(C)C(CO)CC(O)C1C=NC(=O)CC1. The van der Waals surface area contributed by atoms with E-state index in [1.54, 1.807) is 6.21 Å². The van der Waals surface area contributed by atoms with Crippen LogP contribution < -0.4 is 0 Å². The smallest absolute Gasteiger partial charge is 0.245 e. The van der Waals surface area contributed by atoms with Gasteiger partial charge in [-0.1, -0.05) is 13.8 Å². The van der Waals surface area contributed by atoms with Gasteiger partial charge in [0.25, 0.3) is 0 Å². The first-order chi connectivity index (χ1) is 7.54. The van der Waals surface area contributed by atoms with E-state index in [9.17, 15) is 15.0 Å². The summed E-state index contributed by atoms with van der Waals surface area (Å²) in [6.45, 7) is 4.16. The quantitative estimate of drug-likeness (QED) is 0.736. The van der Waals surface area contributed by atoms with Crippen molar-refractivity contribution in [3.05, 3.63) is 0 Å². The molecule has 1 rings (SSSR count). The third-order valence-electron chi connectivity index (χ3n) is 3.32. The highest BCUT2D eigenvalue weighted by molar-refractivity contribution is 5.88. The summed E-state index contributed by atoms with van der Waals surface area (Å²) in [6, 6.07) is 0. The molecule has 3 unspecified atom stereocenters. The molecule has 1 amide bonds. The van der Waals surface area contributed by atoms with E-state index >= 15 is 0 Å². The molecule has 4 heteroatoms. The number of aliphatic hydroxyl groups is 2. The molecule has 0 radical (unpaired) electrons. The Balaban J connectivity index is 2.48.